The van der Waals surface area contributed by atoms with E-state index in [0.29, 0.717) is 5.56 Å². The third-order valence-corrected chi connectivity index (χ3v) is 6.65. The van der Waals surface area contributed by atoms with Crippen LogP contribution in [0.15, 0.2) is 76.4 Å². The lowest BCUT2D eigenvalue weighted by atomic mass is 10.0. The SMILES string of the molecule is Cc1cn([C@H]2C[C@H](O)[C@@H](COP(=O)(O)OC(C(=O)c3ccccc3)c3ccccc3)O2)c(=O)[nH]c1=O. The second kappa shape index (κ2) is 10.8. The van der Waals surface area contributed by atoms with Gasteiger partial charge in [-0.1, -0.05) is 60.7 Å². The Morgan fingerprint density at radius 3 is 2.47 bits per heavy atom. The molecule has 2 aromatic carbocycles. The van der Waals surface area contributed by atoms with Gasteiger partial charge in [0.2, 0.25) is 0 Å². The molecule has 3 aromatic rings. The minimum atomic E-state index is -4.81. The summed E-state index contributed by atoms with van der Waals surface area (Å²) in [5.41, 5.74) is -0.341. The molecule has 1 aliphatic rings. The fourth-order valence-electron chi connectivity index (χ4n) is 3.81. The van der Waals surface area contributed by atoms with Gasteiger partial charge in [0.05, 0.1) is 12.7 Å². The Morgan fingerprint density at radius 1 is 1.17 bits per heavy atom. The zero-order valence-electron chi connectivity index (χ0n) is 19.2. The van der Waals surface area contributed by atoms with Gasteiger partial charge in [-0.15, -0.1) is 0 Å². The first-order chi connectivity index (χ1) is 17.1. The summed E-state index contributed by atoms with van der Waals surface area (Å²) in [6.45, 7) is 0.962. The smallest absolute Gasteiger partial charge is 0.390 e. The maximum atomic E-state index is 13.1. The van der Waals surface area contributed by atoms with Gasteiger partial charge in [0.15, 0.2) is 11.9 Å². The van der Waals surface area contributed by atoms with Crippen molar-refractivity contribution in [2.75, 3.05) is 6.61 Å². The zero-order chi connectivity index (χ0) is 25.9. The van der Waals surface area contributed by atoms with Gasteiger partial charge in [0.25, 0.3) is 5.56 Å². The number of carbonyl (C=O) groups is 1. The average Bonchev–Trinajstić information content (AvgIpc) is 3.24. The number of H-pyrrole nitrogens is 1. The number of aryl methyl sites for hydroxylation is 1. The first-order valence-corrected chi connectivity index (χ1v) is 12.6. The Kier molecular flexibility index (Phi) is 7.79. The summed E-state index contributed by atoms with van der Waals surface area (Å²) >= 11 is 0. The highest BCUT2D eigenvalue weighted by Gasteiger charge is 2.39. The lowest BCUT2D eigenvalue weighted by Gasteiger charge is -2.22. The van der Waals surface area contributed by atoms with E-state index in [4.69, 9.17) is 13.8 Å². The van der Waals surface area contributed by atoms with Crippen LogP contribution < -0.4 is 11.2 Å². The maximum absolute atomic E-state index is 13.1. The Balaban J connectivity index is 1.46. The van der Waals surface area contributed by atoms with E-state index in [-0.39, 0.29) is 17.5 Å². The predicted octanol–water partition coefficient (Wildman–Crippen LogP) is 2.25. The van der Waals surface area contributed by atoms with Crippen molar-refractivity contribution >= 4 is 13.6 Å². The van der Waals surface area contributed by atoms with E-state index in [0.717, 1.165) is 4.57 Å². The van der Waals surface area contributed by atoms with E-state index in [1.54, 1.807) is 60.7 Å². The van der Waals surface area contributed by atoms with Crippen molar-refractivity contribution in [2.24, 2.45) is 0 Å². The van der Waals surface area contributed by atoms with Gasteiger partial charge in [0.1, 0.15) is 12.3 Å². The summed E-state index contributed by atoms with van der Waals surface area (Å²) < 4.78 is 30.0. The normalized spacial score (nSPS) is 22.1. The van der Waals surface area contributed by atoms with Crippen LogP contribution in [-0.4, -0.2) is 44.1 Å². The molecular formula is C24H25N2O9P. The van der Waals surface area contributed by atoms with E-state index in [1.165, 1.54) is 13.1 Å². The van der Waals surface area contributed by atoms with Gasteiger partial charge in [-0.3, -0.25) is 28.2 Å². The predicted molar refractivity (Wildman–Crippen MR) is 127 cm³/mol. The summed E-state index contributed by atoms with van der Waals surface area (Å²) in [5, 5.41) is 10.4. The molecule has 0 radical (unpaired) electrons. The number of phosphoric acid groups is 1. The number of phosphoric ester groups is 1. The van der Waals surface area contributed by atoms with Crippen molar-refractivity contribution in [1.29, 1.82) is 0 Å². The van der Waals surface area contributed by atoms with Crippen LogP contribution in [-0.2, 0) is 18.3 Å². The second-order valence-corrected chi connectivity index (χ2v) is 9.71. The number of carbonyl (C=O) groups excluding carboxylic acids is 1. The van der Waals surface area contributed by atoms with Crippen molar-refractivity contribution in [3.63, 3.8) is 0 Å². The van der Waals surface area contributed by atoms with Gasteiger partial charge in [-0.25, -0.2) is 9.36 Å². The van der Waals surface area contributed by atoms with Gasteiger partial charge >= 0.3 is 13.5 Å². The molecule has 190 valence electrons. The van der Waals surface area contributed by atoms with Gasteiger partial charge in [-0.2, -0.15) is 0 Å². The highest BCUT2D eigenvalue weighted by Crippen LogP contribution is 2.49. The van der Waals surface area contributed by atoms with Gasteiger partial charge in [0, 0.05) is 23.7 Å². The minimum Gasteiger partial charge on any atom is -0.390 e. The summed E-state index contributed by atoms with van der Waals surface area (Å²) in [4.78, 5) is 49.4. The number of benzene rings is 2. The third kappa shape index (κ3) is 5.96. The largest absolute Gasteiger partial charge is 0.473 e. The molecule has 12 heteroatoms. The molecule has 0 amide bonds. The molecular weight excluding hydrogens is 491 g/mol. The molecule has 1 aliphatic heterocycles. The fraction of sp³-hybridized carbons (Fsp3) is 0.292. The summed E-state index contributed by atoms with van der Waals surface area (Å²) in [6.07, 6.45) is -3.26. The summed E-state index contributed by atoms with van der Waals surface area (Å²) in [6, 6.07) is 16.4. The zero-order valence-corrected chi connectivity index (χ0v) is 20.1. The molecule has 0 spiro atoms. The van der Waals surface area contributed by atoms with E-state index in [1.807, 2.05) is 0 Å². The number of hydrogen-bond donors (Lipinski definition) is 3. The number of aromatic nitrogens is 2. The molecule has 0 bridgehead atoms. The molecule has 1 aromatic heterocycles. The molecule has 1 saturated heterocycles. The number of aliphatic hydroxyl groups is 1. The van der Waals surface area contributed by atoms with Crippen LogP contribution in [0.5, 0.6) is 0 Å². The lowest BCUT2D eigenvalue weighted by molar-refractivity contribution is -0.0476. The summed E-state index contributed by atoms with van der Waals surface area (Å²) in [7, 11) is -4.81. The number of aromatic amines is 1. The Bertz CT molecular complexity index is 1370. The Hall–Kier alpha value is -3.18. The monoisotopic (exact) mass is 516 g/mol. The number of Topliss-reactive ketones (excluding diaryl/α,β-unsaturated/α-hetero) is 1. The number of ether oxygens (including phenoxy) is 1. The summed E-state index contributed by atoms with van der Waals surface area (Å²) in [5.74, 6) is -0.537. The number of nitrogens with zero attached hydrogens (tertiary/aromatic N) is 1. The van der Waals surface area contributed by atoms with Crippen molar-refractivity contribution in [2.45, 2.75) is 37.9 Å². The standard InChI is InChI=1S/C24H25N2O9P/c1-15-13-26(24(30)25-23(15)29)20-12-18(27)19(34-20)14-33-36(31,32)35-22(17-10-6-3-7-11-17)21(28)16-8-4-2-5-9-16/h2-11,13,18-20,22,27H,12,14H2,1H3,(H,31,32)(H,25,29,30)/t18-,19+,20+,22?/m0/s1. The molecule has 1 fully saturated rings. The van der Waals surface area contributed by atoms with Crippen molar-refractivity contribution in [3.8, 4) is 0 Å². The van der Waals surface area contributed by atoms with Gasteiger partial charge < -0.3 is 14.7 Å². The van der Waals surface area contributed by atoms with Crippen molar-refractivity contribution in [1.82, 2.24) is 9.55 Å². The minimum absolute atomic E-state index is 0.0187. The molecule has 11 nitrogen and oxygen atoms in total. The van der Waals surface area contributed by atoms with Gasteiger partial charge in [-0.05, 0) is 12.5 Å². The first kappa shape index (κ1) is 25.9. The fourth-order valence-corrected chi connectivity index (χ4v) is 4.69. The number of nitrogens with one attached hydrogen (secondary N) is 1. The van der Waals surface area contributed by atoms with Crippen LogP contribution in [0.2, 0.25) is 0 Å². The first-order valence-electron chi connectivity index (χ1n) is 11.1. The third-order valence-electron chi connectivity index (χ3n) is 5.70. The molecule has 5 atom stereocenters. The topological polar surface area (TPSA) is 157 Å². The van der Waals surface area contributed by atoms with E-state index >= 15 is 0 Å². The number of rotatable bonds is 9. The van der Waals surface area contributed by atoms with Crippen LogP contribution in [0.1, 0.15) is 40.2 Å². The van der Waals surface area contributed by atoms with E-state index in [2.05, 4.69) is 4.98 Å². The highest BCUT2D eigenvalue weighted by atomic mass is 31.2. The number of hydrogen-bond acceptors (Lipinski definition) is 8. The molecule has 3 N–H and O–H groups in total. The second-order valence-electron chi connectivity index (χ2n) is 8.30. The maximum Gasteiger partial charge on any atom is 0.473 e. The molecule has 0 saturated carbocycles. The van der Waals surface area contributed by atoms with E-state index in [9.17, 15) is 28.9 Å². The van der Waals surface area contributed by atoms with Crippen molar-refractivity contribution in [3.05, 3.63) is 104 Å². The van der Waals surface area contributed by atoms with E-state index < -0.39 is 56.0 Å². The number of aliphatic hydroxyl groups excluding tert-OH is 1. The van der Waals surface area contributed by atoms with Crippen LogP contribution in [0, 0.1) is 6.92 Å². The highest BCUT2D eigenvalue weighted by molar-refractivity contribution is 7.47. The lowest BCUT2D eigenvalue weighted by Crippen LogP contribution is -2.33. The number of ketones is 1. The molecule has 2 heterocycles. The Morgan fingerprint density at radius 2 is 1.81 bits per heavy atom. The molecule has 36 heavy (non-hydrogen) atoms. The molecule has 0 aliphatic carbocycles. The molecule has 4 rings (SSSR count). The van der Waals surface area contributed by atoms with Crippen LogP contribution in [0.4, 0.5) is 0 Å². The van der Waals surface area contributed by atoms with Crippen LogP contribution in [0.3, 0.4) is 0 Å². The average molecular weight is 516 g/mol. The quantitative estimate of drug-likeness (QED) is 0.287. The van der Waals surface area contributed by atoms with Crippen LogP contribution >= 0.6 is 7.82 Å². The Labute approximate surface area is 205 Å². The van der Waals surface area contributed by atoms with Crippen LogP contribution in [0.25, 0.3) is 0 Å². The van der Waals surface area contributed by atoms with Crippen molar-refractivity contribution < 1.29 is 33.1 Å². The molecule has 2 unspecified atom stereocenters.